The summed E-state index contributed by atoms with van der Waals surface area (Å²) in [4.78, 5) is 17.3. The highest BCUT2D eigenvalue weighted by Gasteiger charge is 2.40. The van der Waals surface area contributed by atoms with E-state index in [1.54, 1.807) is 55.6 Å². The zero-order chi connectivity index (χ0) is 67.4. The summed E-state index contributed by atoms with van der Waals surface area (Å²) in [6, 6.07) is 0. The lowest BCUT2D eigenvalue weighted by atomic mass is 9.77. The normalized spacial score (nSPS) is 12.1. The number of rotatable bonds is 72. The van der Waals surface area contributed by atoms with E-state index in [2.05, 4.69) is 55.4 Å². The van der Waals surface area contributed by atoms with Crippen molar-refractivity contribution in [1.29, 1.82) is 0 Å². The van der Waals surface area contributed by atoms with Crippen LogP contribution in [0.1, 0.15) is 527 Å². The molecule has 1 nitrogen and oxygen atoms in total. The van der Waals surface area contributed by atoms with Gasteiger partial charge in [0.05, 0.1) is 0 Å². The van der Waals surface area contributed by atoms with E-state index in [1.807, 2.05) is 0 Å². The quantitative estimate of drug-likeness (QED) is 0.0515. The number of unbranched alkanes of at least 4 members (excludes halogenated alkanes) is 56. The van der Waals surface area contributed by atoms with Gasteiger partial charge in [0.25, 0.3) is 0 Å². The Bertz CT molecular complexity index is 1910. The van der Waals surface area contributed by atoms with E-state index in [-0.39, 0.29) is 0 Å². The molecule has 0 heterocycles. The first-order chi connectivity index (χ1) is 46.5. The summed E-state index contributed by atoms with van der Waals surface area (Å²) in [5.41, 5.74) is 19.3. The van der Waals surface area contributed by atoms with Crippen molar-refractivity contribution in [2.45, 2.75) is 518 Å². The molecule has 2 aromatic rings. The molecule has 0 amide bonds. The van der Waals surface area contributed by atoms with Crippen LogP contribution in [0.3, 0.4) is 0 Å². The molecule has 546 valence electrons. The van der Waals surface area contributed by atoms with Gasteiger partial charge in [0.15, 0.2) is 5.78 Å². The first kappa shape index (κ1) is 86.3. The van der Waals surface area contributed by atoms with E-state index in [0.29, 0.717) is 5.78 Å². The average Bonchev–Trinajstić information content (AvgIpc) is 1.54. The predicted octanol–water partition coefficient (Wildman–Crippen LogP) is 32.4. The van der Waals surface area contributed by atoms with Crippen LogP contribution in [0.15, 0.2) is 0 Å². The molecule has 1 aliphatic carbocycles. The molecule has 0 saturated carbocycles. The predicted molar refractivity (Wildman–Crippen MR) is 426 cm³/mol. The second kappa shape index (κ2) is 62.1. The molecule has 0 aromatic heterocycles. The largest absolute Gasteiger partial charge is 0.289 e. The number of hydrogen-bond acceptors (Lipinski definition) is 1. The summed E-state index contributed by atoms with van der Waals surface area (Å²) < 4.78 is 0. The van der Waals surface area contributed by atoms with Crippen LogP contribution in [0.2, 0.25) is 0 Å². The van der Waals surface area contributed by atoms with Gasteiger partial charge in [-0.3, -0.25) is 4.79 Å². The summed E-state index contributed by atoms with van der Waals surface area (Å²) in [5, 5.41) is 0. The molecule has 2 aromatic carbocycles. The fourth-order valence-electron chi connectivity index (χ4n) is 16.9. The Hall–Kier alpha value is -1.89. The third-order valence-corrected chi connectivity index (χ3v) is 22.8. The van der Waals surface area contributed by atoms with Crippen molar-refractivity contribution in [3.05, 3.63) is 55.6 Å². The third kappa shape index (κ3) is 37.5. The summed E-state index contributed by atoms with van der Waals surface area (Å²) in [7, 11) is 0. The Morgan fingerprint density at radius 3 is 0.372 bits per heavy atom. The third-order valence-electron chi connectivity index (χ3n) is 22.8. The van der Waals surface area contributed by atoms with E-state index in [4.69, 9.17) is 0 Å². The lowest BCUT2D eigenvalue weighted by Gasteiger charge is -2.27. The van der Waals surface area contributed by atoms with Crippen molar-refractivity contribution < 1.29 is 4.79 Å². The molecule has 94 heavy (non-hydrogen) atoms. The minimum Gasteiger partial charge on any atom is -0.289 e. The average molecular weight is 1300 g/mol. The lowest BCUT2D eigenvalue weighted by Crippen LogP contribution is -2.14. The molecule has 0 spiro atoms. The fourth-order valence-corrected chi connectivity index (χ4v) is 16.9. The molecule has 0 radical (unpaired) electrons. The summed E-state index contributed by atoms with van der Waals surface area (Å²) in [6.07, 6.45) is 96.6. The zero-order valence-corrected chi connectivity index (χ0v) is 65.8. The first-order valence-corrected chi connectivity index (χ1v) is 44.4. The Morgan fingerprint density at radius 1 is 0.128 bits per heavy atom. The smallest absolute Gasteiger partial charge is 0.194 e. The highest BCUT2D eigenvalue weighted by Crippen LogP contribution is 2.51. The number of benzene rings is 2. The number of carbonyl (C=O) groups is 1. The maximum atomic E-state index is 17.3. The first-order valence-electron chi connectivity index (χ1n) is 44.4. The number of fused-ring (bicyclic) bond motifs is 3. The molecule has 3 rings (SSSR count). The Labute approximate surface area is 591 Å². The second-order valence-electron chi connectivity index (χ2n) is 31.5. The lowest BCUT2D eigenvalue weighted by molar-refractivity contribution is 0.104. The molecule has 0 bridgehead atoms. The fraction of sp³-hybridized carbons (Fsp3) is 0.860. The maximum Gasteiger partial charge on any atom is 0.194 e. The molecule has 0 N–H and O–H groups in total. The van der Waals surface area contributed by atoms with Gasteiger partial charge in [0.1, 0.15) is 0 Å². The Balaban J connectivity index is 2.54. The molecule has 0 aliphatic heterocycles. The highest BCUT2D eigenvalue weighted by atomic mass is 16.1. The Morgan fingerprint density at radius 2 is 0.234 bits per heavy atom. The van der Waals surface area contributed by atoms with Gasteiger partial charge >= 0.3 is 0 Å². The van der Waals surface area contributed by atoms with Crippen LogP contribution in [-0.2, 0) is 51.4 Å². The van der Waals surface area contributed by atoms with Crippen molar-refractivity contribution >= 4 is 5.78 Å². The van der Waals surface area contributed by atoms with Crippen LogP contribution in [0.4, 0.5) is 0 Å². The molecule has 0 fully saturated rings. The zero-order valence-electron chi connectivity index (χ0n) is 65.8. The van der Waals surface area contributed by atoms with Crippen molar-refractivity contribution in [3.63, 3.8) is 0 Å². The maximum absolute atomic E-state index is 17.3. The van der Waals surface area contributed by atoms with E-state index in [1.165, 1.54) is 461 Å². The van der Waals surface area contributed by atoms with Gasteiger partial charge in [0, 0.05) is 11.1 Å². The van der Waals surface area contributed by atoms with Crippen LogP contribution in [0, 0.1) is 0 Å². The van der Waals surface area contributed by atoms with Crippen LogP contribution in [0.5, 0.6) is 0 Å². The number of ketones is 1. The Kier molecular flexibility index (Phi) is 57.1. The minimum atomic E-state index is 0.523. The summed E-state index contributed by atoms with van der Waals surface area (Å²) in [6.45, 7) is 18.9. The van der Waals surface area contributed by atoms with E-state index in [9.17, 15) is 0 Å². The molecule has 0 unspecified atom stereocenters. The molecule has 0 saturated heterocycles. The highest BCUT2D eigenvalue weighted by molar-refractivity contribution is 6.25. The van der Waals surface area contributed by atoms with Gasteiger partial charge < -0.3 is 0 Å². The molecule has 1 aliphatic rings. The molecular weight excluding hydrogens is 1130 g/mol. The van der Waals surface area contributed by atoms with Gasteiger partial charge in [0.2, 0.25) is 0 Å². The van der Waals surface area contributed by atoms with Gasteiger partial charge in [-0.1, -0.05) is 415 Å². The molecule has 0 atom stereocenters. The van der Waals surface area contributed by atoms with Crippen molar-refractivity contribution in [3.8, 4) is 11.1 Å². The van der Waals surface area contributed by atoms with Crippen LogP contribution < -0.4 is 0 Å². The second-order valence-corrected chi connectivity index (χ2v) is 31.5. The van der Waals surface area contributed by atoms with Gasteiger partial charge in [-0.2, -0.15) is 0 Å². The topological polar surface area (TPSA) is 17.1 Å². The van der Waals surface area contributed by atoms with Gasteiger partial charge in [-0.05, 0) is 158 Å². The van der Waals surface area contributed by atoms with Crippen LogP contribution in [0.25, 0.3) is 11.1 Å². The number of carbonyl (C=O) groups excluding carboxylic acids is 1. The van der Waals surface area contributed by atoms with Crippen LogP contribution >= 0.6 is 0 Å². The van der Waals surface area contributed by atoms with Crippen molar-refractivity contribution in [2.75, 3.05) is 0 Å². The standard InChI is InChI=1S/C93H168O/c1-9-17-25-33-41-49-57-65-73-81-83(75-67-59-51-43-35-27-19-11-3)87(79-71-63-55-47-39-31-23-15-7)91-89(85(81)77-69-61-53-45-37-29-21-13-5)90-86(78-70-62-54-46-38-30-22-14-6)82(74-66-58-50-42-34-26-18-10-2)84(76-68-60-52-44-36-28-20-12-4)88(92(90)93(91)94)80-72-64-56-48-40-32-24-16-8/h9-80H2,1-8H3. The van der Waals surface area contributed by atoms with Gasteiger partial charge in [-0.25, -0.2) is 0 Å². The van der Waals surface area contributed by atoms with Crippen molar-refractivity contribution in [2.24, 2.45) is 0 Å². The van der Waals surface area contributed by atoms with Crippen molar-refractivity contribution in [1.82, 2.24) is 0 Å². The van der Waals surface area contributed by atoms with Gasteiger partial charge in [-0.15, -0.1) is 0 Å². The van der Waals surface area contributed by atoms with Crippen LogP contribution in [-0.4, -0.2) is 5.78 Å². The molecule has 1 heteroatoms. The minimum absolute atomic E-state index is 0.523. The number of hydrogen-bond donors (Lipinski definition) is 0. The molecular formula is C93H168O. The van der Waals surface area contributed by atoms with E-state index >= 15 is 4.79 Å². The van der Waals surface area contributed by atoms with E-state index in [0.717, 1.165) is 12.8 Å². The monoisotopic (exact) mass is 1300 g/mol. The van der Waals surface area contributed by atoms with E-state index < -0.39 is 0 Å². The summed E-state index contributed by atoms with van der Waals surface area (Å²) >= 11 is 0. The SMILES string of the molecule is CCCCCCCCCCc1c(CCCCCCCCCC)c(CCCCCCCCCC)c2c(c1CCCCCCCCCC)C(=O)c1c(CCCCCCCCCC)c(CCCCCCCCCC)c(CCCCCCCCCC)c(CCCCCCCCCC)c1-2. The summed E-state index contributed by atoms with van der Waals surface area (Å²) in [5.74, 6) is 0.523.